The van der Waals surface area contributed by atoms with Gasteiger partial charge in [0.05, 0.1) is 18.8 Å². The van der Waals surface area contributed by atoms with Crippen LogP contribution in [0.25, 0.3) is 0 Å². The molecule has 5 rings (SSSR count). The summed E-state index contributed by atoms with van der Waals surface area (Å²) in [6.45, 7) is 2.64. The number of amides is 2. The monoisotopic (exact) mass is 491 g/mol. The minimum atomic E-state index is -0.778. The third kappa shape index (κ3) is 4.48. The molecule has 6 nitrogen and oxygen atoms in total. The first kappa shape index (κ1) is 24.1. The smallest absolute Gasteiger partial charge is 0.254 e. The summed E-state index contributed by atoms with van der Waals surface area (Å²) >= 11 is 0. The van der Waals surface area contributed by atoms with E-state index in [1.165, 1.54) is 6.92 Å². The summed E-state index contributed by atoms with van der Waals surface area (Å²) in [5, 5.41) is 3.09. The van der Waals surface area contributed by atoms with Gasteiger partial charge >= 0.3 is 0 Å². The van der Waals surface area contributed by atoms with Crippen LogP contribution in [-0.2, 0) is 21.6 Å². The highest BCUT2D eigenvalue weighted by Gasteiger charge is 2.54. The van der Waals surface area contributed by atoms with Crippen LogP contribution in [0.4, 0.5) is 8.78 Å². The quantitative estimate of drug-likeness (QED) is 0.578. The van der Waals surface area contributed by atoms with Crippen LogP contribution < -0.4 is 5.32 Å². The van der Waals surface area contributed by atoms with E-state index in [9.17, 15) is 18.4 Å². The summed E-state index contributed by atoms with van der Waals surface area (Å²) in [4.78, 5) is 30.9. The Kier molecular flexibility index (Phi) is 6.53. The first-order valence-corrected chi connectivity index (χ1v) is 12.0. The van der Waals surface area contributed by atoms with Crippen molar-refractivity contribution in [1.82, 2.24) is 15.2 Å². The molecule has 0 saturated carbocycles. The number of likely N-dealkylation sites (tertiary alicyclic amines) is 1. The summed E-state index contributed by atoms with van der Waals surface area (Å²) in [5.41, 5.74) is 2.66. The molecule has 1 aliphatic carbocycles. The number of fused-ring (bicyclic) bond motifs is 2. The lowest BCUT2D eigenvalue weighted by atomic mass is 9.71. The Morgan fingerprint density at radius 2 is 1.72 bits per heavy atom. The molecule has 2 heterocycles. The van der Waals surface area contributed by atoms with Crippen molar-refractivity contribution in [3.05, 3.63) is 101 Å². The van der Waals surface area contributed by atoms with Crippen LogP contribution in [-0.4, -0.2) is 40.9 Å². The van der Waals surface area contributed by atoms with Gasteiger partial charge in [-0.1, -0.05) is 24.3 Å². The number of carbonyl (C=O) groups excluding carboxylic acids is 2. The van der Waals surface area contributed by atoms with E-state index in [1.807, 2.05) is 30.3 Å². The molecule has 1 fully saturated rings. The van der Waals surface area contributed by atoms with E-state index in [-0.39, 0.29) is 23.6 Å². The maximum absolute atomic E-state index is 13.7. The topological polar surface area (TPSA) is 71.5 Å². The van der Waals surface area contributed by atoms with Crippen molar-refractivity contribution in [2.75, 3.05) is 13.1 Å². The first-order chi connectivity index (χ1) is 17.4. The number of rotatable bonds is 5. The summed E-state index contributed by atoms with van der Waals surface area (Å²) < 4.78 is 34.0. The lowest BCUT2D eigenvalue weighted by Crippen LogP contribution is -2.51. The van der Waals surface area contributed by atoms with Gasteiger partial charge in [-0.05, 0) is 53.8 Å². The number of hydrogen-bond acceptors (Lipinski definition) is 4. The molecule has 2 aromatic carbocycles. The van der Waals surface area contributed by atoms with Gasteiger partial charge in [-0.15, -0.1) is 0 Å². The molecule has 2 amide bonds. The van der Waals surface area contributed by atoms with E-state index < -0.39 is 23.0 Å². The van der Waals surface area contributed by atoms with Crippen molar-refractivity contribution >= 4 is 11.8 Å². The molecule has 0 unspecified atom stereocenters. The van der Waals surface area contributed by atoms with Crippen molar-refractivity contribution in [2.45, 2.75) is 43.9 Å². The van der Waals surface area contributed by atoms with Crippen molar-refractivity contribution in [1.29, 1.82) is 0 Å². The van der Waals surface area contributed by atoms with Gasteiger partial charge in [0.25, 0.3) is 5.91 Å². The summed E-state index contributed by atoms with van der Waals surface area (Å²) in [5.74, 6) is -2.11. The third-order valence-corrected chi connectivity index (χ3v) is 7.27. The second kappa shape index (κ2) is 9.78. The normalized spacial score (nSPS) is 20.2. The molecule has 1 N–H and O–H groups in total. The van der Waals surface area contributed by atoms with E-state index >= 15 is 0 Å². The molecule has 1 aromatic heterocycles. The lowest BCUT2D eigenvalue weighted by Gasteiger charge is -2.44. The molecule has 0 bridgehead atoms. The zero-order valence-electron chi connectivity index (χ0n) is 19.9. The number of pyridine rings is 1. The average Bonchev–Trinajstić information content (AvgIpc) is 3.11. The van der Waals surface area contributed by atoms with E-state index in [0.717, 1.165) is 34.9 Å². The highest BCUT2D eigenvalue weighted by atomic mass is 19.1. The summed E-state index contributed by atoms with van der Waals surface area (Å²) in [6, 6.07) is 14.3. The molecule has 2 atom stereocenters. The van der Waals surface area contributed by atoms with Gasteiger partial charge in [-0.25, -0.2) is 8.78 Å². The van der Waals surface area contributed by atoms with Gasteiger partial charge in [0, 0.05) is 49.5 Å². The van der Waals surface area contributed by atoms with Crippen LogP contribution in [0.1, 0.15) is 52.9 Å². The van der Waals surface area contributed by atoms with Gasteiger partial charge in [0.2, 0.25) is 5.91 Å². The molecule has 186 valence electrons. The second-order valence-electron chi connectivity index (χ2n) is 9.46. The molecule has 0 radical (unpaired) electrons. The highest BCUT2D eigenvalue weighted by molar-refractivity contribution is 5.94. The maximum atomic E-state index is 13.7. The Morgan fingerprint density at radius 3 is 2.39 bits per heavy atom. The number of nitrogens with zero attached hydrogens (tertiary/aromatic N) is 2. The Labute approximate surface area is 208 Å². The van der Waals surface area contributed by atoms with E-state index in [2.05, 4.69) is 16.4 Å². The van der Waals surface area contributed by atoms with Crippen molar-refractivity contribution in [3.63, 3.8) is 0 Å². The Balaban J connectivity index is 1.44. The number of piperidine rings is 1. The molecule has 8 heteroatoms. The largest absolute Gasteiger partial charge is 0.370 e. The number of carbonyl (C=O) groups is 2. The molecule has 2 aliphatic rings. The molecular formula is C28H27F2N3O3. The highest BCUT2D eigenvalue weighted by Crippen LogP contribution is 2.52. The fourth-order valence-corrected chi connectivity index (χ4v) is 5.67. The van der Waals surface area contributed by atoms with Gasteiger partial charge in [0.1, 0.15) is 11.6 Å². The number of ether oxygens (including phenoxy) is 1. The van der Waals surface area contributed by atoms with Gasteiger partial charge in [-0.2, -0.15) is 0 Å². The predicted molar refractivity (Wildman–Crippen MR) is 129 cm³/mol. The minimum Gasteiger partial charge on any atom is -0.370 e. The van der Waals surface area contributed by atoms with Crippen molar-refractivity contribution in [3.8, 4) is 0 Å². The van der Waals surface area contributed by atoms with Crippen LogP contribution in [0.5, 0.6) is 0 Å². The fraction of sp³-hybridized carbons (Fsp3) is 0.321. The van der Waals surface area contributed by atoms with Crippen LogP contribution in [0.2, 0.25) is 0 Å². The Morgan fingerprint density at radius 1 is 1.06 bits per heavy atom. The second-order valence-corrected chi connectivity index (χ2v) is 9.46. The third-order valence-electron chi connectivity index (χ3n) is 7.27. The Hall–Kier alpha value is -3.65. The number of hydrogen-bond donors (Lipinski definition) is 1. The standard InChI is InChI=1S/C28H27F2N3O3/c1-18(34)32-25-23-4-2-3-5-24(23)28(26(25)36-17-19-6-10-31-11-7-19)8-12-33(13-9-28)27(35)20-14-21(29)16-22(30)15-20/h2-7,10-11,14-16,25-26H,8-9,12-13,17H2,1H3,(H,32,34)/t25-,26+/m1/s1. The minimum absolute atomic E-state index is 0.00289. The predicted octanol–water partition coefficient (Wildman–Crippen LogP) is 4.31. The number of benzene rings is 2. The van der Waals surface area contributed by atoms with E-state index in [0.29, 0.717) is 32.5 Å². The zero-order valence-corrected chi connectivity index (χ0v) is 19.9. The first-order valence-electron chi connectivity index (χ1n) is 12.0. The molecule has 1 aliphatic heterocycles. The van der Waals surface area contributed by atoms with E-state index in [4.69, 9.17) is 4.74 Å². The van der Waals surface area contributed by atoms with Gasteiger partial charge in [0.15, 0.2) is 0 Å². The maximum Gasteiger partial charge on any atom is 0.254 e. The van der Waals surface area contributed by atoms with Crippen molar-refractivity contribution < 1.29 is 23.1 Å². The molecule has 3 aromatic rings. The summed E-state index contributed by atoms with van der Waals surface area (Å²) in [6.07, 6.45) is 4.25. The SMILES string of the molecule is CC(=O)N[C@@H]1c2ccccc2C2(CCN(C(=O)c3cc(F)cc(F)c3)CC2)[C@H]1OCc1ccncc1. The van der Waals surface area contributed by atoms with Crippen LogP contribution in [0.15, 0.2) is 67.0 Å². The van der Waals surface area contributed by atoms with Gasteiger partial charge < -0.3 is 15.0 Å². The van der Waals surface area contributed by atoms with Crippen LogP contribution in [0.3, 0.4) is 0 Å². The molecule has 1 spiro atoms. The number of aromatic nitrogens is 1. The zero-order chi connectivity index (χ0) is 25.3. The van der Waals surface area contributed by atoms with Crippen LogP contribution in [0, 0.1) is 11.6 Å². The van der Waals surface area contributed by atoms with Crippen LogP contribution >= 0.6 is 0 Å². The summed E-state index contributed by atoms with van der Waals surface area (Å²) in [7, 11) is 0. The lowest BCUT2D eigenvalue weighted by molar-refractivity contribution is -0.122. The van der Waals surface area contributed by atoms with E-state index in [1.54, 1.807) is 17.3 Å². The Bertz CT molecular complexity index is 1260. The molecule has 1 saturated heterocycles. The van der Waals surface area contributed by atoms with Gasteiger partial charge in [-0.3, -0.25) is 14.6 Å². The molecule has 36 heavy (non-hydrogen) atoms. The number of nitrogens with one attached hydrogen (secondary N) is 1. The molecular weight excluding hydrogens is 464 g/mol. The average molecular weight is 492 g/mol. The number of halogens is 2. The van der Waals surface area contributed by atoms with Crippen molar-refractivity contribution in [2.24, 2.45) is 0 Å². The fourth-order valence-electron chi connectivity index (χ4n) is 5.67.